The van der Waals surface area contributed by atoms with E-state index in [0.29, 0.717) is 0 Å². The second-order valence-corrected chi connectivity index (χ2v) is 1.21. The van der Waals surface area contributed by atoms with E-state index in [2.05, 4.69) is 25.7 Å². The number of hydrogen-bond donors (Lipinski definition) is 0. The summed E-state index contributed by atoms with van der Waals surface area (Å²) in [4.78, 5) is 0. The topological polar surface area (TPSA) is 0 Å². The quantitative estimate of drug-likeness (QED) is 0.408. The van der Waals surface area contributed by atoms with Crippen LogP contribution in [0.25, 0.3) is 0 Å². The van der Waals surface area contributed by atoms with Crippen LogP contribution in [0.3, 0.4) is 0 Å². The van der Waals surface area contributed by atoms with Gasteiger partial charge in [-0.05, 0) is 13.8 Å². The SMILES string of the molecule is CC#CC.CCC. The van der Waals surface area contributed by atoms with E-state index < -0.39 is 0 Å². The molecule has 0 fully saturated rings. The molecule has 0 heterocycles. The van der Waals surface area contributed by atoms with Gasteiger partial charge in [-0.25, -0.2) is 0 Å². The first-order valence-corrected chi connectivity index (χ1v) is 2.66. The summed E-state index contributed by atoms with van der Waals surface area (Å²) in [6, 6.07) is 0. The van der Waals surface area contributed by atoms with E-state index >= 15 is 0 Å². The second kappa shape index (κ2) is 17.6. The number of hydrogen-bond acceptors (Lipinski definition) is 0. The van der Waals surface area contributed by atoms with Gasteiger partial charge in [-0.1, -0.05) is 20.3 Å². The minimum atomic E-state index is 1.25. The lowest BCUT2D eigenvalue weighted by Crippen LogP contribution is -1.28. The lowest BCUT2D eigenvalue weighted by molar-refractivity contribution is 1.09. The van der Waals surface area contributed by atoms with Crippen LogP contribution in [0.1, 0.15) is 34.1 Å². The molecule has 0 N–H and O–H groups in total. The summed E-state index contributed by atoms with van der Waals surface area (Å²) >= 11 is 0. The molecule has 0 saturated carbocycles. The minimum Gasteiger partial charge on any atom is -0.107 e. The second-order valence-electron chi connectivity index (χ2n) is 1.21. The normalized spacial score (nSPS) is 4.57. The highest BCUT2D eigenvalue weighted by atomic mass is 13.4. The van der Waals surface area contributed by atoms with Gasteiger partial charge in [-0.2, -0.15) is 0 Å². The predicted octanol–water partition coefficient (Wildman–Crippen LogP) is 2.45. The Bertz CT molecular complexity index is 46.2. The average molecular weight is 98.2 g/mol. The van der Waals surface area contributed by atoms with Crippen molar-refractivity contribution in [3.05, 3.63) is 0 Å². The third-order valence-electron chi connectivity index (χ3n) is 0.250. The van der Waals surface area contributed by atoms with Gasteiger partial charge in [-0.3, -0.25) is 0 Å². The average Bonchev–Trinajstić information content (AvgIpc) is 1.69. The van der Waals surface area contributed by atoms with Crippen LogP contribution >= 0.6 is 0 Å². The van der Waals surface area contributed by atoms with Gasteiger partial charge in [0.2, 0.25) is 0 Å². The zero-order valence-electron chi connectivity index (χ0n) is 5.71. The molecule has 0 amide bonds. The summed E-state index contributed by atoms with van der Waals surface area (Å²) in [5.74, 6) is 5.36. The van der Waals surface area contributed by atoms with E-state index in [1.165, 1.54) is 6.42 Å². The molecule has 0 spiro atoms. The molecule has 0 saturated heterocycles. The van der Waals surface area contributed by atoms with Crippen molar-refractivity contribution >= 4 is 0 Å². The Morgan fingerprint density at radius 1 is 1.00 bits per heavy atom. The van der Waals surface area contributed by atoms with Gasteiger partial charge in [0.25, 0.3) is 0 Å². The van der Waals surface area contributed by atoms with Crippen LogP contribution in [-0.4, -0.2) is 0 Å². The molecule has 0 rings (SSSR count). The molecule has 0 atom stereocenters. The Morgan fingerprint density at radius 2 is 1.14 bits per heavy atom. The maximum atomic E-state index is 2.68. The van der Waals surface area contributed by atoms with Gasteiger partial charge in [0.1, 0.15) is 0 Å². The Balaban J connectivity index is 0. The van der Waals surface area contributed by atoms with Gasteiger partial charge in [0.15, 0.2) is 0 Å². The molecule has 0 aliphatic heterocycles. The van der Waals surface area contributed by atoms with Gasteiger partial charge in [-0.15, -0.1) is 11.8 Å². The van der Waals surface area contributed by atoms with Crippen molar-refractivity contribution in [2.75, 3.05) is 0 Å². The smallest absolute Gasteiger partial charge is 0.00271 e. The summed E-state index contributed by atoms with van der Waals surface area (Å²) < 4.78 is 0. The summed E-state index contributed by atoms with van der Waals surface area (Å²) in [5, 5.41) is 0. The van der Waals surface area contributed by atoms with Gasteiger partial charge in [0, 0.05) is 0 Å². The lowest BCUT2D eigenvalue weighted by atomic mass is 10.6. The Labute approximate surface area is 46.9 Å². The monoisotopic (exact) mass is 98.1 g/mol. The molecule has 0 bridgehead atoms. The van der Waals surface area contributed by atoms with Crippen molar-refractivity contribution in [2.45, 2.75) is 34.1 Å². The molecule has 0 nitrogen and oxygen atoms in total. The maximum absolute atomic E-state index is 2.68. The maximum Gasteiger partial charge on any atom is -0.00271 e. The molecule has 0 heteroatoms. The first kappa shape index (κ1) is 9.75. The van der Waals surface area contributed by atoms with Crippen LogP contribution in [0.2, 0.25) is 0 Å². The molecule has 0 aromatic rings. The molecule has 0 aromatic carbocycles. The van der Waals surface area contributed by atoms with E-state index in [0.717, 1.165) is 0 Å². The molecule has 7 heavy (non-hydrogen) atoms. The van der Waals surface area contributed by atoms with Crippen molar-refractivity contribution in [1.82, 2.24) is 0 Å². The Morgan fingerprint density at radius 3 is 1.14 bits per heavy atom. The van der Waals surface area contributed by atoms with E-state index in [1.807, 2.05) is 13.8 Å². The first-order valence-electron chi connectivity index (χ1n) is 2.66. The van der Waals surface area contributed by atoms with Gasteiger partial charge < -0.3 is 0 Å². The van der Waals surface area contributed by atoms with Crippen molar-refractivity contribution in [3.63, 3.8) is 0 Å². The summed E-state index contributed by atoms with van der Waals surface area (Å²) in [6.07, 6.45) is 1.25. The fourth-order valence-electron chi connectivity index (χ4n) is 0. The summed E-state index contributed by atoms with van der Waals surface area (Å²) in [5.41, 5.74) is 0. The standard InChI is InChI=1S/C4H6.C3H8/c1-3-4-2;1-3-2/h1-2H3;3H2,1-2H3. The molecular formula is C7H14. The summed E-state index contributed by atoms with van der Waals surface area (Å²) in [7, 11) is 0. The first-order chi connectivity index (χ1) is 3.33. The highest BCUT2D eigenvalue weighted by Gasteiger charge is 1.35. The fourth-order valence-corrected chi connectivity index (χ4v) is 0. The molecule has 0 aliphatic rings. The predicted molar refractivity (Wildman–Crippen MR) is 35.1 cm³/mol. The highest BCUT2D eigenvalue weighted by Crippen LogP contribution is 1.56. The fraction of sp³-hybridized carbons (Fsp3) is 0.714. The van der Waals surface area contributed by atoms with Crippen LogP contribution in [0.5, 0.6) is 0 Å². The van der Waals surface area contributed by atoms with Crippen molar-refractivity contribution in [2.24, 2.45) is 0 Å². The molecule has 0 aromatic heterocycles. The largest absolute Gasteiger partial charge is 0.107 e. The molecule has 42 valence electrons. The van der Waals surface area contributed by atoms with E-state index in [1.54, 1.807) is 0 Å². The van der Waals surface area contributed by atoms with E-state index in [-0.39, 0.29) is 0 Å². The van der Waals surface area contributed by atoms with Gasteiger partial charge in [0.05, 0.1) is 0 Å². The Kier molecular flexibility index (Phi) is 24.6. The molecular weight excluding hydrogens is 84.1 g/mol. The van der Waals surface area contributed by atoms with Crippen molar-refractivity contribution in [3.8, 4) is 11.8 Å². The van der Waals surface area contributed by atoms with Crippen LogP contribution in [0.4, 0.5) is 0 Å². The van der Waals surface area contributed by atoms with Crippen LogP contribution in [-0.2, 0) is 0 Å². The lowest BCUT2D eigenvalue weighted by Gasteiger charge is -1.48. The van der Waals surface area contributed by atoms with Crippen molar-refractivity contribution < 1.29 is 0 Å². The third-order valence-corrected chi connectivity index (χ3v) is 0.250. The van der Waals surface area contributed by atoms with Gasteiger partial charge >= 0.3 is 0 Å². The van der Waals surface area contributed by atoms with Crippen LogP contribution < -0.4 is 0 Å². The Hall–Kier alpha value is -0.440. The summed E-state index contributed by atoms with van der Waals surface area (Å²) in [6.45, 7) is 7.89. The zero-order chi connectivity index (χ0) is 6.12. The van der Waals surface area contributed by atoms with Crippen LogP contribution in [0.15, 0.2) is 0 Å². The van der Waals surface area contributed by atoms with E-state index in [4.69, 9.17) is 0 Å². The zero-order valence-corrected chi connectivity index (χ0v) is 5.71. The molecule has 0 radical (unpaired) electrons. The van der Waals surface area contributed by atoms with Crippen LogP contribution in [0, 0.1) is 11.8 Å². The van der Waals surface area contributed by atoms with E-state index in [9.17, 15) is 0 Å². The molecule has 0 aliphatic carbocycles. The minimum absolute atomic E-state index is 1.25. The molecule has 0 unspecified atom stereocenters. The third kappa shape index (κ3) is 225. The highest BCUT2D eigenvalue weighted by molar-refractivity contribution is 4.89. The number of rotatable bonds is 0. The van der Waals surface area contributed by atoms with Crippen molar-refractivity contribution in [1.29, 1.82) is 0 Å².